The van der Waals surface area contributed by atoms with Gasteiger partial charge in [0.15, 0.2) is 0 Å². The maximum absolute atomic E-state index is 5.36. The molecule has 1 aromatic carbocycles. The minimum Gasteiger partial charge on any atom is -0.324 e. The molecule has 1 rings (SSSR count). The number of hydrazine groups is 1. The van der Waals surface area contributed by atoms with Crippen molar-refractivity contribution in [3.05, 3.63) is 29.8 Å². The zero-order valence-corrected chi connectivity index (χ0v) is 9.63. The Morgan fingerprint density at radius 1 is 1.13 bits per heavy atom. The van der Waals surface area contributed by atoms with Gasteiger partial charge in [0.1, 0.15) is 0 Å². The van der Waals surface area contributed by atoms with E-state index in [2.05, 4.69) is 30.5 Å². The van der Waals surface area contributed by atoms with Gasteiger partial charge < -0.3 is 5.43 Å². The van der Waals surface area contributed by atoms with E-state index >= 15 is 0 Å². The van der Waals surface area contributed by atoms with Gasteiger partial charge in [-0.1, -0.05) is 44.7 Å². The van der Waals surface area contributed by atoms with Crippen molar-refractivity contribution in [2.45, 2.75) is 45.4 Å². The van der Waals surface area contributed by atoms with E-state index in [1.807, 2.05) is 6.07 Å². The van der Waals surface area contributed by atoms with Gasteiger partial charge in [0.25, 0.3) is 0 Å². The van der Waals surface area contributed by atoms with Crippen molar-refractivity contribution in [2.75, 3.05) is 5.43 Å². The van der Waals surface area contributed by atoms with Crippen LogP contribution in [0.5, 0.6) is 0 Å². The number of nitrogens with two attached hydrogens (primary N) is 1. The molecule has 0 radical (unpaired) electrons. The maximum atomic E-state index is 5.36. The van der Waals surface area contributed by atoms with Gasteiger partial charge in [-0.2, -0.15) is 0 Å². The maximum Gasteiger partial charge on any atom is 0.0487 e. The predicted molar refractivity (Wildman–Crippen MR) is 66.7 cm³/mol. The molecule has 15 heavy (non-hydrogen) atoms. The summed E-state index contributed by atoms with van der Waals surface area (Å²) in [4.78, 5) is 0. The topological polar surface area (TPSA) is 38.0 Å². The summed E-state index contributed by atoms with van der Waals surface area (Å²) < 4.78 is 0. The molecule has 3 N–H and O–H groups in total. The third kappa shape index (κ3) is 4.84. The molecule has 0 bridgehead atoms. The fourth-order valence-corrected chi connectivity index (χ4v) is 1.75. The molecule has 0 aromatic heterocycles. The Hall–Kier alpha value is -1.02. The summed E-state index contributed by atoms with van der Waals surface area (Å²) in [5, 5.41) is 0. The summed E-state index contributed by atoms with van der Waals surface area (Å²) in [6.07, 6.45) is 7.84. The quantitative estimate of drug-likeness (QED) is 0.407. The number of rotatable bonds is 7. The molecular formula is C13H22N2. The molecule has 0 atom stereocenters. The van der Waals surface area contributed by atoms with Crippen LogP contribution in [-0.2, 0) is 6.42 Å². The highest BCUT2D eigenvalue weighted by Gasteiger charge is 1.95. The SMILES string of the molecule is CCCCCCCc1cccc(NN)c1. The van der Waals surface area contributed by atoms with Crippen LogP contribution in [-0.4, -0.2) is 0 Å². The van der Waals surface area contributed by atoms with Crippen LogP contribution in [0.1, 0.15) is 44.6 Å². The van der Waals surface area contributed by atoms with Gasteiger partial charge in [0.05, 0.1) is 0 Å². The minimum absolute atomic E-state index is 1.00. The van der Waals surface area contributed by atoms with Crippen LogP contribution in [0.3, 0.4) is 0 Å². The van der Waals surface area contributed by atoms with E-state index in [9.17, 15) is 0 Å². The van der Waals surface area contributed by atoms with Crippen molar-refractivity contribution in [2.24, 2.45) is 5.84 Å². The Balaban J connectivity index is 2.24. The normalized spacial score (nSPS) is 10.3. The first kappa shape index (κ1) is 12.1. The number of unbranched alkanes of at least 4 members (excludes halogenated alkanes) is 4. The number of hydrogen-bond donors (Lipinski definition) is 2. The van der Waals surface area contributed by atoms with E-state index in [1.54, 1.807) is 0 Å². The van der Waals surface area contributed by atoms with Crippen LogP contribution in [0.2, 0.25) is 0 Å². The molecule has 0 fully saturated rings. The van der Waals surface area contributed by atoms with E-state index in [0.717, 1.165) is 5.69 Å². The molecule has 0 heterocycles. The first-order valence-corrected chi connectivity index (χ1v) is 5.92. The zero-order chi connectivity index (χ0) is 10.9. The molecule has 0 spiro atoms. The van der Waals surface area contributed by atoms with Crippen molar-refractivity contribution >= 4 is 5.69 Å². The first-order valence-electron chi connectivity index (χ1n) is 5.92. The molecule has 0 amide bonds. The second-order valence-corrected chi connectivity index (χ2v) is 4.01. The largest absolute Gasteiger partial charge is 0.324 e. The zero-order valence-electron chi connectivity index (χ0n) is 9.63. The van der Waals surface area contributed by atoms with Gasteiger partial charge in [-0.05, 0) is 30.5 Å². The molecule has 2 nitrogen and oxygen atoms in total. The van der Waals surface area contributed by atoms with Crippen LogP contribution >= 0.6 is 0 Å². The van der Waals surface area contributed by atoms with Gasteiger partial charge >= 0.3 is 0 Å². The van der Waals surface area contributed by atoms with Crippen molar-refractivity contribution in [1.29, 1.82) is 0 Å². The van der Waals surface area contributed by atoms with Crippen LogP contribution in [0.4, 0.5) is 5.69 Å². The number of aryl methyl sites for hydroxylation is 1. The van der Waals surface area contributed by atoms with E-state index in [-0.39, 0.29) is 0 Å². The minimum atomic E-state index is 1.00. The average molecular weight is 206 g/mol. The number of nitrogen functional groups attached to an aromatic ring is 1. The summed E-state index contributed by atoms with van der Waals surface area (Å²) >= 11 is 0. The Kier molecular flexibility index (Phi) is 5.86. The fourth-order valence-electron chi connectivity index (χ4n) is 1.75. The number of benzene rings is 1. The lowest BCUT2D eigenvalue weighted by atomic mass is 10.1. The van der Waals surface area contributed by atoms with E-state index in [0.29, 0.717) is 0 Å². The van der Waals surface area contributed by atoms with E-state index < -0.39 is 0 Å². The predicted octanol–water partition coefficient (Wildman–Crippen LogP) is 3.49. The van der Waals surface area contributed by atoms with E-state index in [4.69, 9.17) is 5.84 Å². The van der Waals surface area contributed by atoms with Crippen LogP contribution in [0.25, 0.3) is 0 Å². The highest BCUT2D eigenvalue weighted by molar-refractivity contribution is 5.44. The molecule has 2 heteroatoms. The first-order chi connectivity index (χ1) is 7.36. The van der Waals surface area contributed by atoms with Crippen LogP contribution in [0.15, 0.2) is 24.3 Å². The molecule has 0 aliphatic carbocycles. The summed E-state index contributed by atoms with van der Waals surface area (Å²) in [6.45, 7) is 2.25. The summed E-state index contributed by atoms with van der Waals surface area (Å²) in [6, 6.07) is 8.33. The monoisotopic (exact) mass is 206 g/mol. The Bertz CT molecular complexity index is 271. The smallest absolute Gasteiger partial charge is 0.0487 e. The van der Waals surface area contributed by atoms with Gasteiger partial charge in [-0.15, -0.1) is 0 Å². The van der Waals surface area contributed by atoms with Crippen LogP contribution in [0, 0.1) is 0 Å². The third-order valence-corrected chi connectivity index (χ3v) is 2.66. The fraction of sp³-hybridized carbons (Fsp3) is 0.538. The summed E-state index contributed by atoms with van der Waals surface area (Å²) in [5.41, 5.74) is 5.06. The molecular weight excluding hydrogens is 184 g/mol. The van der Waals surface area contributed by atoms with Crippen molar-refractivity contribution < 1.29 is 0 Å². The average Bonchev–Trinajstić information content (AvgIpc) is 2.29. The lowest BCUT2D eigenvalue weighted by Crippen LogP contribution is -2.06. The van der Waals surface area contributed by atoms with Crippen molar-refractivity contribution in [3.63, 3.8) is 0 Å². The van der Waals surface area contributed by atoms with Gasteiger partial charge in [-0.25, -0.2) is 0 Å². The molecule has 84 valence electrons. The second kappa shape index (κ2) is 7.30. The standard InChI is InChI=1S/C13H22N2/c1-2-3-4-5-6-8-12-9-7-10-13(11-12)15-14/h7,9-11,15H,2-6,8,14H2,1H3. The highest BCUT2D eigenvalue weighted by atomic mass is 15.2. The van der Waals surface area contributed by atoms with E-state index in [1.165, 1.54) is 44.1 Å². The van der Waals surface area contributed by atoms with Crippen molar-refractivity contribution in [1.82, 2.24) is 0 Å². The van der Waals surface area contributed by atoms with Gasteiger partial charge in [0.2, 0.25) is 0 Å². The molecule has 1 aromatic rings. The molecule has 0 saturated heterocycles. The molecule has 0 saturated carbocycles. The molecule has 0 aliphatic heterocycles. The van der Waals surface area contributed by atoms with Gasteiger partial charge in [-0.3, -0.25) is 5.84 Å². The molecule has 0 unspecified atom stereocenters. The van der Waals surface area contributed by atoms with Crippen molar-refractivity contribution in [3.8, 4) is 0 Å². The Morgan fingerprint density at radius 3 is 2.67 bits per heavy atom. The van der Waals surface area contributed by atoms with Gasteiger partial charge in [0, 0.05) is 5.69 Å². The molecule has 0 aliphatic rings. The lowest BCUT2D eigenvalue weighted by molar-refractivity contribution is 0.632. The third-order valence-electron chi connectivity index (χ3n) is 2.66. The number of nitrogens with one attached hydrogen (secondary N) is 1. The Labute approximate surface area is 92.8 Å². The van der Waals surface area contributed by atoms with Crippen LogP contribution < -0.4 is 11.3 Å². The second-order valence-electron chi connectivity index (χ2n) is 4.01. The Morgan fingerprint density at radius 2 is 1.93 bits per heavy atom. The summed E-state index contributed by atoms with van der Waals surface area (Å²) in [7, 11) is 0. The number of anilines is 1. The summed E-state index contributed by atoms with van der Waals surface area (Å²) in [5.74, 6) is 5.36. The number of hydrogen-bond acceptors (Lipinski definition) is 2. The highest BCUT2D eigenvalue weighted by Crippen LogP contribution is 2.13. The lowest BCUT2D eigenvalue weighted by Gasteiger charge is -2.04.